The fourth-order valence-electron chi connectivity index (χ4n) is 2.16. The number of hydrogen-bond acceptors (Lipinski definition) is 3. The average molecular weight is 263 g/mol. The molecular formula is C13H17N3OS. The normalized spacial score (nSPS) is 16.7. The second kappa shape index (κ2) is 5.02. The summed E-state index contributed by atoms with van der Waals surface area (Å²) in [5, 5.41) is 2.93. The SMILES string of the molecule is Cc1cnccc1CNC(=O)C1(C(N)=S)CCC1. The molecule has 1 amide bonds. The second-order valence-electron chi connectivity index (χ2n) is 4.78. The van der Waals surface area contributed by atoms with Crippen LogP contribution in [0.15, 0.2) is 18.5 Å². The maximum absolute atomic E-state index is 12.2. The van der Waals surface area contributed by atoms with Crippen LogP contribution in [0.4, 0.5) is 0 Å². The smallest absolute Gasteiger partial charge is 0.233 e. The van der Waals surface area contributed by atoms with Crippen molar-refractivity contribution in [3.63, 3.8) is 0 Å². The molecule has 2 rings (SSSR count). The molecule has 0 spiro atoms. The van der Waals surface area contributed by atoms with E-state index in [9.17, 15) is 4.79 Å². The molecule has 0 radical (unpaired) electrons. The lowest BCUT2D eigenvalue weighted by molar-refractivity contribution is -0.131. The third-order valence-electron chi connectivity index (χ3n) is 3.69. The highest BCUT2D eigenvalue weighted by Crippen LogP contribution is 2.41. The lowest BCUT2D eigenvalue weighted by Crippen LogP contribution is -2.52. The van der Waals surface area contributed by atoms with E-state index in [0.29, 0.717) is 11.5 Å². The highest BCUT2D eigenvalue weighted by atomic mass is 32.1. The zero-order valence-corrected chi connectivity index (χ0v) is 11.2. The summed E-state index contributed by atoms with van der Waals surface area (Å²) >= 11 is 5.02. The van der Waals surface area contributed by atoms with Gasteiger partial charge in [-0.1, -0.05) is 18.6 Å². The van der Waals surface area contributed by atoms with Crippen LogP contribution in [0, 0.1) is 12.3 Å². The van der Waals surface area contributed by atoms with E-state index in [4.69, 9.17) is 18.0 Å². The molecule has 1 heterocycles. The van der Waals surface area contributed by atoms with Gasteiger partial charge in [-0.3, -0.25) is 9.78 Å². The number of rotatable bonds is 4. The lowest BCUT2D eigenvalue weighted by atomic mass is 9.68. The first-order chi connectivity index (χ1) is 8.56. The number of nitrogens with zero attached hydrogens (tertiary/aromatic N) is 1. The summed E-state index contributed by atoms with van der Waals surface area (Å²) in [6, 6.07) is 1.91. The number of thiocarbonyl (C=S) groups is 1. The number of nitrogens with one attached hydrogen (secondary N) is 1. The third-order valence-corrected chi connectivity index (χ3v) is 4.08. The van der Waals surface area contributed by atoms with Gasteiger partial charge in [-0.15, -0.1) is 0 Å². The molecular weight excluding hydrogens is 246 g/mol. The van der Waals surface area contributed by atoms with Crippen molar-refractivity contribution in [1.82, 2.24) is 10.3 Å². The number of aryl methyl sites for hydroxylation is 1. The standard InChI is InChI=1S/C13H17N3OS/c1-9-7-15-6-3-10(9)8-16-12(17)13(11(14)18)4-2-5-13/h3,6-7H,2,4-5,8H2,1H3,(H2,14,18)(H,16,17). The van der Waals surface area contributed by atoms with Crippen LogP contribution in [-0.2, 0) is 11.3 Å². The quantitative estimate of drug-likeness (QED) is 0.807. The van der Waals surface area contributed by atoms with Crippen molar-refractivity contribution in [2.45, 2.75) is 32.7 Å². The van der Waals surface area contributed by atoms with Crippen molar-refractivity contribution in [2.24, 2.45) is 11.1 Å². The molecule has 1 aromatic rings. The van der Waals surface area contributed by atoms with Crippen LogP contribution in [0.5, 0.6) is 0 Å². The molecule has 96 valence electrons. The molecule has 0 unspecified atom stereocenters. The summed E-state index contributed by atoms with van der Waals surface area (Å²) in [5.74, 6) is -0.0440. The maximum Gasteiger partial charge on any atom is 0.233 e. The van der Waals surface area contributed by atoms with Crippen molar-refractivity contribution in [2.75, 3.05) is 0 Å². The minimum atomic E-state index is -0.601. The van der Waals surface area contributed by atoms with Gasteiger partial charge in [0.1, 0.15) is 0 Å². The van der Waals surface area contributed by atoms with Crippen LogP contribution >= 0.6 is 12.2 Å². The van der Waals surface area contributed by atoms with Gasteiger partial charge in [0.05, 0.1) is 10.4 Å². The molecule has 0 bridgehead atoms. The monoisotopic (exact) mass is 263 g/mol. The van der Waals surface area contributed by atoms with Gasteiger partial charge >= 0.3 is 0 Å². The fourth-order valence-corrected chi connectivity index (χ4v) is 2.46. The van der Waals surface area contributed by atoms with Crippen LogP contribution in [-0.4, -0.2) is 15.9 Å². The van der Waals surface area contributed by atoms with Gasteiger partial charge in [0.15, 0.2) is 0 Å². The Morgan fingerprint density at radius 3 is 2.83 bits per heavy atom. The van der Waals surface area contributed by atoms with E-state index in [1.807, 2.05) is 13.0 Å². The summed E-state index contributed by atoms with van der Waals surface area (Å²) in [7, 11) is 0. The summed E-state index contributed by atoms with van der Waals surface area (Å²) in [5.41, 5.74) is 7.22. The van der Waals surface area contributed by atoms with Gasteiger partial charge in [0, 0.05) is 18.9 Å². The van der Waals surface area contributed by atoms with Gasteiger partial charge < -0.3 is 11.1 Å². The largest absolute Gasteiger partial charge is 0.392 e. The molecule has 1 aromatic heterocycles. The van der Waals surface area contributed by atoms with Gasteiger partial charge in [0.25, 0.3) is 0 Å². The molecule has 0 atom stereocenters. The molecule has 0 aromatic carbocycles. The Kier molecular flexibility index (Phi) is 3.61. The number of nitrogens with two attached hydrogens (primary N) is 1. The Labute approximate surface area is 112 Å². The molecule has 1 fully saturated rings. The van der Waals surface area contributed by atoms with Gasteiger partial charge in [-0.05, 0) is 37.0 Å². The zero-order chi connectivity index (χ0) is 13.2. The van der Waals surface area contributed by atoms with Crippen molar-refractivity contribution in [1.29, 1.82) is 0 Å². The van der Waals surface area contributed by atoms with E-state index in [1.165, 1.54) is 0 Å². The number of pyridine rings is 1. The molecule has 1 aliphatic rings. The highest BCUT2D eigenvalue weighted by molar-refractivity contribution is 7.80. The molecule has 18 heavy (non-hydrogen) atoms. The van der Waals surface area contributed by atoms with Crippen molar-refractivity contribution >= 4 is 23.1 Å². The van der Waals surface area contributed by atoms with E-state index in [2.05, 4.69) is 10.3 Å². The Hall–Kier alpha value is -1.49. The predicted octanol–water partition coefficient (Wildman–Crippen LogP) is 1.46. The maximum atomic E-state index is 12.2. The Morgan fingerprint density at radius 1 is 1.61 bits per heavy atom. The molecule has 1 aliphatic carbocycles. The second-order valence-corrected chi connectivity index (χ2v) is 5.22. The van der Waals surface area contributed by atoms with Gasteiger partial charge in [-0.2, -0.15) is 0 Å². The molecule has 5 heteroatoms. The first-order valence-corrected chi connectivity index (χ1v) is 6.45. The van der Waals surface area contributed by atoms with Crippen molar-refractivity contribution < 1.29 is 4.79 Å². The Balaban J connectivity index is 2.01. The van der Waals surface area contributed by atoms with E-state index >= 15 is 0 Å². The summed E-state index contributed by atoms with van der Waals surface area (Å²) in [4.78, 5) is 16.5. The van der Waals surface area contributed by atoms with E-state index < -0.39 is 5.41 Å². The van der Waals surface area contributed by atoms with Crippen molar-refractivity contribution in [3.8, 4) is 0 Å². The summed E-state index contributed by atoms with van der Waals surface area (Å²) in [6.07, 6.45) is 6.06. The minimum absolute atomic E-state index is 0.0440. The number of aromatic nitrogens is 1. The van der Waals surface area contributed by atoms with E-state index in [-0.39, 0.29) is 5.91 Å². The first-order valence-electron chi connectivity index (χ1n) is 6.04. The van der Waals surface area contributed by atoms with Crippen molar-refractivity contribution in [3.05, 3.63) is 29.6 Å². The van der Waals surface area contributed by atoms with Gasteiger partial charge in [-0.25, -0.2) is 0 Å². The predicted molar refractivity (Wildman–Crippen MR) is 73.9 cm³/mol. The van der Waals surface area contributed by atoms with Crippen LogP contribution in [0.25, 0.3) is 0 Å². The number of carbonyl (C=O) groups is 1. The third kappa shape index (κ3) is 2.22. The molecule has 3 N–H and O–H groups in total. The van der Waals surface area contributed by atoms with Gasteiger partial charge in [0.2, 0.25) is 5.91 Å². The van der Waals surface area contributed by atoms with Crippen LogP contribution in [0.1, 0.15) is 30.4 Å². The number of hydrogen-bond donors (Lipinski definition) is 2. The zero-order valence-electron chi connectivity index (χ0n) is 10.4. The van der Waals surface area contributed by atoms with E-state index in [0.717, 1.165) is 30.4 Å². The van der Waals surface area contributed by atoms with Crippen LogP contribution in [0.3, 0.4) is 0 Å². The first kappa shape index (κ1) is 13.0. The molecule has 4 nitrogen and oxygen atoms in total. The molecule has 1 saturated carbocycles. The topological polar surface area (TPSA) is 68.0 Å². The molecule has 0 aliphatic heterocycles. The summed E-state index contributed by atoms with van der Waals surface area (Å²) < 4.78 is 0. The minimum Gasteiger partial charge on any atom is -0.392 e. The molecule has 0 saturated heterocycles. The van der Waals surface area contributed by atoms with Crippen LogP contribution < -0.4 is 11.1 Å². The summed E-state index contributed by atoms with van der Waals surface area (Å²) in [6.45, 7) is 2.47. The Morgan fingerprint density at radius 2 is 2.33 bits per heavy atom. The highest BCUT2D eigenvalue weighted by Gasteiger charge is 2.46. The van der Waals surface area contributed by atoms with Crippen LogP contribution in [0.2, 0.25) is 0 Å². The number of amides is 1. The lowest BCUT2D eigenvalue weighted by Gasteiger charge is -2.39. The van der Waals surface area contributed by atoms with E-state index in [1.54, 1.807) is 12.4 Å². The fraction of sp³-hybridized carbons (Fsp3) is 0.462. The number of carbonyl (C=O) groups excluding carboxylic acids is 1. The Bertz CT molecular complexity index is 483. The average Bonchev–Trinajstić information content (AvgIpc) is 2.26.